The van der Waals surface area contributed by atoms with Crippen molar-refractivity contribution < 1.29 is 19.4 Å². The van der Waals surface area contributed by atoms with Crippen molar-refractivity contribution in [3.8, 4) is 0 Å². The summed E-state index contributed by atoms with van der Waals surface area (Å²) in [5.74, 6) is -1.52. The van der Waals surface area contributed by atoms with Crippen LogP contribution in [0.3, 0.4) is 0 Å². The molecule has 2 bridgehead atoms. The summed E-state index contributed by atoms with van der Waals surface area (Å²) in [6, 6.07) is 3.01. The molecular formula is C16H12N4O6. The van der Waals surface area contributed by atoms with Gasteiger partial charge in [0.25, 0.3) is 23.2 Å². The van der Waals surface area contributed by atoms with Gasteiger partial charge < -0.3 is 0 Å². The number of allylic oxidation sites excluding steroid dienone is 2. The average molecular weight is 356 g/mol. The normalized spacial score (nSPS) is 29.0. The van der Waals surface area contributed by atoms with Crippen molar-refractivity contribution in [2.75, 3.05) is 0 Å². The fourth-order valence-corrected chi connectivity index (χ4v) is 4.03. The van der Waals surface area contributed by atoms with Gasteiger partial charge in [0.2, 0.25) is 0 Å². The van der Waals surface area contributed by atoms with Crippen LogP contribution in [-0.2, 0) is 9.59 Å². The number of fused-ring (bicyclic) bond motifs is 5. The Bertz CT molecular complexity index is 861. The number of non-ortho nitro benzene ring substituents is 2. The van der Waals surface area contributed by atoms with E-state index in [-0.39, 0.29) is 17.4 Å². The number of rotatable bonds is 4. The van der Waals surface area contributed by atoms with Crippen LogP contribution in [-0.4, -0.2) is 32.9 Å². The van der Waals surface area contributed by atoms with E-state index in [1.165, 1.54) is 0 Å². The van der Waals surface area contributed by atoms with Crippen LogP contribution >= 0.6 is 0 Å². The maximum Gasteiger partial charge on any atom is 0.276 e. The lowest BCUT2D eigenvalue weighted by molar-refractivity contribution is -0.394. The molecule has 4 rings (SSSR count). The Morgan fingerprint density at radius 2 is 1.46 bits per heavy atom. The molecule has 1 aliphatic heterocycles. The summed E-state index contributed by atoms with van der Waals surface area (Å²) >= 11 is 0. The molecule has 26 heavy (non-hydrogen) atoms. The molecule has 1 saturated carbocycles. The monoisotopic (exact) mass is 356 g/mol. The predicted octanol–water partition coefficient (Wildman–Crippen LogP) is 1.64. The molecule has 2 amide bonds. The number of nitro groups is 2. The number of imide groups is 1. The van der Waals surface area contributed by atoms with Crippen molar-refractivity contribution in [3.05, 3.63) is 56.1 Å². The van der Waals surface area contributed by atoms with Gasteiger partial charge in [0.05, 0.1) is 34.0 Å². The van der Waals surface area contributed by atoms with Crippen LogP contribution in [0, 0.1) is 43.9 Å². The molecule has 0 unspecified atom stereocenters. The Kier molecular flexibility index (Phi) is 3.43. The largest absolute Gasteiger partial charge is 0.276 e. The highest BCUT2D eigenvalue weighted by molar-refractivity contribution is 6.06. The highest BCUT2D eigenvalue weighted by Gasteiger charge is 2.59. The van der Waals surface area contributed by atoms with E-state index in [2.05, 4.69) is 5.10 Å². The molecule has 0 radical (unpaired) electrons. The van der Waals surface area contributed by atoms with Gasteiger partial charge in [-0.3, -0.25) is 29.8 Å². The number of nitrogens with zero attached hydrogens (tertiary/aromatic N) is 4. The minimum Gasteiger partial charge on any atom is -0.272 e. The van der Waals surface area contributed by atoms with Crippen molar-refractivity contribution in [2.45, 2.75) is 6.42 Å². The van der Waals surface area contributed by atoms with E-state index in [0.717, 1.165) is 35.8 Å². The molecule has 0 aromatic heterocycles. The summed E-state index contributed by atoms with van der Waals surface area (Å²) < 4.78 is 0. The Morgan fingerprint density at radius 1 is 0.962 bits per heavy atom. The van der Waals surface area contributed by atoms with E-state index < -0.39 is 44.9 Å². The number of benzene rings is 1. The second-order valence-corrected chi connectivity index (χ2v) is 6.53. The topological polar surface area (TPSA) is 136 Å². The van der Waals surface area contributed by atoms with Crippen LogP contribution in [0.15, 0.2) is 35.5 Å². The van der Waals surface area contributed by atoms with Crippen molar-refractivity contribution in [1.82, 2.24) is 5.01 Å². The smallest absolute Gasteiger partial charge is 0.272 e. The molecule has 2 aliphatic carbocycles. The standard InChI is InChI=1S/C16H12N4O6/c21-15-13-9-1-2-10(5-9)14(13)16(22)18(15)17-7-8-3-11(19(23)24)6-12(4-8)20(25)26/h1-4,6-7,9-10,13-14H,5H2/b17-7-/t9-,10-,13-,14-/m0/s1. The van der Waals surface area contributed by atoms with E-state index in [9.17, 15) is 29.8 Å². The molecule has 3 aliphatic rings. The molecule has 1 heterocycles. The summed E-state index contributed by atoms with van der Waals surface area (Å²) in [5, 5.41) is 26.5. The number of carbonyl (C=O) groups is 2. The Balaban J connectivity index is 1.63. The summed E-state index contributed by atoms with van der Waals surface area (Å²) in [7, 11) is 0. The first-order valence-corrected chi connectivity index (χ1v) is 7.91. The zero-order chi connectivity index (χ0) is 18.6. The second-order valence-electron chi connectivity index (χ2n) is 6.53. The summed E-state index contributed by atoms with van der Waals surface area (Å²) in [5.41, 5.74) is -0.887. The van der Waals surface area contributed by atoms with Crippen molar-refractivity contribution in [2.24, 2.45) is 28.8 Å². The number of hydrogen-bond acceptors (Lipinski definition) is 7. The number of carbonyl (C=O) groups excluding carboxylic acids is 2. The van der Waals surface area contributed by atoms with Gasteiger partial charge in [0, 0.05) is 17.7 Å². The lowest BCUT2D eigenvalue weighted by atomic mass is 9.85. The zero-order valence-corrected chi connectivity index (χ0v) is 13.2. The van der Waals surface area contributed by atoms with E-state index >= 15 is 0 Å². The van der Waals surface area contributed by atoms with Gasteiger partial charge in [0.1, 0.15) is 0 Å². The maximum absolute atomic E-state index is 12.5. The van der Waals surface area contributed by atoms with Gasteiger partial charge >= 0.3 is 0 Å². The molecule has 10 nitrogen and oxygen atoms in total. The molecule has 1 aromatic carbocycles. The van der Waals surface area contributed by atoms with Gasteiger partial charge in [-0.25, -0.2) is 0 Å². The first-order chi connectivity index (χ1) is 12.4. The molecule has 1 saturated heterocycles. The molecule has 0 spiro atoms. The summed E-state index contributed by atoms with van der Waals surface area (Å²) in [6.45, 7) is 0. The number of hydrazone groups is 1. The highest BCUT2D eigenvalue weighted by Crippen LogP contribution is 2.52. The molecule has 132 valence electrons. The SMILES string of the molecule is O=C1[C@@H]2[C@@H](C(=O)N1/N=C\c1cc([N+](=O)[O-])cc([N+](=O)[O-])c1)[C@H]1C=C[C@H]2C1. The minimum absolute atomic E-state index is 0.0422. The van der Waals surface area contributed by atoms with E-state index in [0.29, 0.717) is 0 Å². The van der Waals surface area contributed by atoms with Crippen molar-refractivity contribution in [3.63, 3.8) is 0 Å². The molecule has 10 heteroatoms. The second kappa shape index (κ2) is 5.55. The van der Waals surface area contributed by atoms with Crippen LogP contribution in [0.5, 0.6) is 0 Å². The van der Waals surface area contributed by atoms with Crippen molar-refractivity contribution >= 4 is 29.4 Å². The van der Waals surface area contributed by atoms with Crippen LogP contribution < -0.4 is 0 Å². The predicted molar refractivity (Wildman–Crippen MR) is 86.9 cm³/mol. The lowest BCUT2D eigenvalue weighted by Gasteiger charge is -2.13. The third-order valence-corrected chi connectivity index (χ3v) is 5.12. The molecule has 2 fully saturated rings. The van der Waals surface area contributed by atoms with Gasteiger partial charge in [0.15, 0.2) is 0 Å². The quantitative estimate of drug-likeness (QED) is 0.264. The molecule has 0 N–H and O–H groups in total. The molecule has 1 aromatic rings. The molecule has 4 atom stereocenters. The first kappa shape index (κ1) is 16.1. The number of nitro benzene ring substituents is 2. The van der Waals surface area contributed by atoms with E-state index in [1.54, 1.807) is 0 Å². The van der Waals surface area contributed by atoms with Gasteiger partial charge in [-0.05, 0) is 18.3 Å². The lowest BCUT2D eigenvalue weighted by Crippen LogP contribution is -2.28. The first-order valence-electron chi connectivity index (χ1n) is 7.91. The van der Waals surface area contributed by atoms with Crippen molar-refractivity contribution in [1.29, 1.82) is 0 Å². The van der Waals surface area contributed by atoms with Gasteiger partial charge in [-0.1, -0.05) is 12.2 Å². The van der Waals surface area contributed by atoms with E-state index in [4.69, 9.17) is 0 Å². The average Bonchev–Trinajstić information content (AvgIpc) is 3.27. The Hall–Kier alpha value is -3.43. The number of amides is 2. The third-order valence-electron chi connectivity index (χ3n) is 5.12. The molecular weight excluding hydrogens is 344 g/mol. The van der Waals surface area contributed by atoms with Gasteiger partial charge in [-0.2, -0.15) is 10.1 Å². The van der Waals surface area contributed by atoms with Crippen LogP contribution in [0.25, 0.3) is 0 Å². The Morgan fingerprint density at radius 3 is 1.92 bits per heavy atom. The number of hydrogen-bond donors (Lipinski definition) is 0. The minimum atomic E-state index is -0.760. The Labute approximate surface area is 146 Å². The summed E-state index contributed by atoms with van der Waals surface area (Å²) in [6.07, 6.45) is 5.76. The summed E-state index contributed by atoms with van der Waals surface area (Å²) in [4.78, 5) is 45.3. The van der Waals surface area contributed by atoms with Crippen LogP contribution in [0.2, 0.25) is 0 Å². The van der Waals surface area contributed by atoms with E-state index in [1.807, 2.05) is 12.2 Å². The van der Waals surface area contributed by atoms with Gasteiger partial charge in [-0.15, -0.1) is 0 Å². The van der Waals surface area contributed by atoms with Crippen LogP contribution in [0.4, 0.5) is 11.4 Å². The fraction of sp³-hybridized carbons (Fsp3) is 0.312. The zero-order valence-electron chi connectivity index (χ0n) is 13.2. The highest BCUT2D eigenvalue weighted by atomic mass is 16.6. The third kappa shape index (κ3) is 2.30. The van der Waals surface area contributed by atoms with Crippen LogP contribution in [0.1, 0.15) is 12.0 Å². The maximum atomic E-state index is 12.5. The fourth-order valence-electron chi connectivity index (χ4n) is 4.03.